The maximum atomic E-state index is 4.03. The molecule has 0 fully saturated rings. The molecule has 0 aliphatic rings. The Morgan fingerprint density at radius 3 is 3.00 bits per heavy atom. The summed E-state index contributed by atoms with van der Waals surface area (Å²) in [5, 5.41) is 10.7. The second-order valence-corrected chi connectivity index (χ2v) is 2.35. The van der Waals surface area contributed by atoms with Crippen LogP contribution in [0.1, 0.15) is 11.4 Å². The molecule has 11 heavy (non-hydrogen) atoms. The zero-order chi connectivity index (χ0) is 8.10. The molecule has 1 aromatic rings. The number of aryl methyl sites for hydroxylation is 1. The van der Waals surface area contributed by atoms with E-state index in [2.05, 4.69) is 20.5 Å². The van der Waals surface area contributed by atoms with Gasteiger partial charge < -0.3 is 5.32 Å². The molecule has 1 heterocycles. The predicted octanol–water partition coefficient (Wildman–Crippen LogP) is -0.0581. The molecule has 0 amide bonds. The minimum Gasteiger partial charge on any atom is -0.319 e. The number of nitrogens with zero attached hydrogens (tertiary/aromatic N) is 3. The third kappa shape index (κ3) is 2.23. The Hall–Kier alpha value is -1.03. The first-order valence-corrected chi connectivity index (χ1v) is 3.62. The van der Waals surface area contributed by atoms with E-state index in [4.69, 9.17) is 0 Å². The van der Waals surface area contributed by atoms with Crippen LogP contribution < -0.4 is 5.32 Å². The fraction of sp³-hybridized carbons (Fsp3) is 0.571. The highest BCUT2D eigenvalue weighted by Gasteiger charge is 1.98. The van der Waals surface area contributed by atoms with Gasteiger partial charge in [-0.1, -0.05) is 0 Å². The van der Waals surface area contributed by atoms with Gasteiger partial charge in [-0.2, -0.15) is 5.10 Å². The van der Waals surface area contributed by atoms with E-state index in [-0.39, 0.29) is 0 Å². The molecule has 0 spiro atoms. The monoisotopic (exact) mass is 152 g/mol. The largest absolute Gasteiger partial charge is 0.319 e. The quantitative estimate of drug-likeness (QED) is 0.659. The average Bonchev–Trinajstić information content (AvgIpc) is 2.03. The van der Waals surface area contributed by atoms with Crippen molar-refractivity contribution in [2.45, 2.75) is 13.3 Å². The van der Waals surface area contributed by atoms with E-state index in [9.17, 15) is 0 Å². The molecule has 4 heteroatoms. The summed E-state index contributed by atoms with van der Waals surface area (Å²) in [7, 11) is 1.92. The van der Waals surface area contributed by atoms with E-state index < -0.39 is 0 Å². The van der Waals surface area contributed by atoms with Crippen molar-refractivity contribution in [2.75, 3.05) is 13.6 Å². The summed E-state index contributed by atoms with van der Waals surface area (Å²) in [6, 6.07) is 0. The van der Waals surface area contributed by atoms with Crippen LogP contribution in [-0.4, -0.2) is 28.8 Å². The molecule has 1 N–H and O–H groups in total. The Kier molecular flexibility index (Phi) is 2.92. The molecule has 0 aliphatic carbocycles. The van der Waals surface area contributed by atoms with E-state index in [0.717, 1.165) is 24.4 Å². The smallest absolute Gasteiger partial charge is 0.138 e. The summed E-state index contributed by atoms with van der Waals surface area (Å²) in [5.41, 5.74) is 1.94. The van der Waals surface area contributed by atoms with E-state index in [1.165, 1.54) is 6.33 Å². The van der Waals surface area contributed by atoms with Crippen molar-refractivity contribution in [3.05, 3.63) is 17.7 Å². The first kappa shape index (κ1) is 8.07. The van der Waals surface area contributed by atoms with Crippen LogP contribution in [0.15, 0.2) is 6.33 Å². The van der Waals surface area contributed by atoms with Gasteiger partial charge in [0, 0.05) is 13.0 Å². The molecule has 0 saturated carbocycles. The molecule has 1 aromatic heterocycles. The van der Waals surface area contributed by atoms with Gasteiger partial charge in [0.25, 0.3) is 0 Å². The maximum Gasteiger partial charge on any atom is 0.138 e. The van der Waals surface area contributed by atoms with Gasteiger partial charge >= 0.3 is 0 Å². The lowest BCUT2D eigenvalue weighted by molar-refractivity contribution is 0.743. The number of hydrogen-bond acceptors (Lipinski definition) is 4. The molecule has 0 radical (unpaired) electrons. The first-order valence-electron chi connectivity index (χ1n) is 3.62. The van der Waals surface area contributed by atoms with Crippen LogP contribution in [0.2, 0.25) is 0 Å². The number of rotatable bonds is 3. The van der Waals surface area contributed by atoms with E-state index in [1.54, 1.807) is 0 Å². The van der Waals surface area contributed by atoms with Crippen molar-refractivity contribution in [3.63, 3.8) is 0 Å². The van der Waals surface area contributed by atoms with Gasteiger partial charge in [-0.05, 0) is 14.0 Å². The van der Waals surface area contributed by atoms with E-state index in [1.807, 2.05) is 14.0 Å². The zero-order valence-corrected chi connectivity index (χ0v) is 6.83. The summed E-state index contributed by atoms with van der Waals surface area (Å²) in [4.78, 5) is 4.03. The molecule has 1 rings (SSSR count). The minimum absolute atomic E-state index is 0.892. The van der Waals surface area contributed by atoms with Crippen molar-refractivity contribution in [1.29, 1.82) is 0 Å². The van der Waals surface area contributed by atoms with Gasteiger partial charge in [-0.25, -0.2) is 4.98 Å². The second-order valence-electron chi connectivity index (χ2n) is 2.35. The van der Waals surface area contributed by atoms with Crippen molar-refractivity contribution in [3.8, 4) is 0 Å². The molecule has 0 aromatic carbocycles. The van der Waals surface area contributed by atoms with E-state index in [0.29, 0.717) is 0 Å². The molecule has 4 nitrogen and oxygen atoms in total. The van der Waals surface area contributed by atoms with Crippen molar-refractivity contribution < 1.29 is 0 Å². The van der Waals surface area contributed by atoms with Gasteiger partial charge in [0.2, 0.25) is 0 Å². The zero-order valence-electron chi connectivity index (χ0n) is 6.83. The number of aromatic nitrogens is 3. The molecule has 0 aliphatic heterocycles. The van der Waals surface area contributed by atoms with Crippen molar-refractivity contribution in [2.24, 2.45) is 0 Å². The highest BCUT2D eigenvalue weighted by Crippen LogP contribution is 1.96. The Bertz CT molecular complexity index is 223. The van der Waals surface area contributed by atoms with Crippen LogP contribution in [-0.2, 0) is 6.42 Å². The lowest BCUT2D eigenvalue weighted by Gasteiger charge is -2.00. The third-order valence-corrected chi connectivity index (χ3v) is 1.51. The van der Waals surface area contributed by atoms with Gasteiger partial charge in [0.05, 0.1) is 11.4 Å². The topological polar surface area (TPSA) is 50.7 Å². The van der Waals surface area contributed by atoms with Crippen LogP contribution >= 0.6 is 0 Å². The standard InChI is InChI=1S/C7H12N4/c1-6-7(3-4-8-2)11-10-5-9-6/h5,8H,3-4H2,1-2H3. The molecular weight excluding hydrogens is 140 g/mol. The van der Waals surface area contributed by atoms with Gasteiger partial charge in [0.1, 0.15) is 6.33 Å². The summed E-state index contributed by atoms with van der Waals surface area (Å²) in [6.45, 7) is 2.86. The lowest BCUT2D eigenvalue weighted by atomic mass is 10.2. The Morgan fingerprint density at radius 1 is 1.55 bits per heavy atom. The number of hydrogen-bond donors (Lipinski definition) is 1. The maximum absolute atomic E-state index is 4.03. The first-order chi connectivity index (χ1) is 5.34. The predicted molar refractivity (Wildman–Crippen MR) is 42.2 cm³/mol. The van der Waals surface area contributed by atoms with Crippen LogP contribution in [0.3, 0.4) is 0 Å². The van der Waals surface area contributed by atoms with Crippen LogP contribution in [0.4, 0.5) is 0 Å². The normalized spacial score (nSPS) is 10.0. The summed E-state index contributed by atoms with van der Waals surface area (Å²) in [5.74, 6) is 0. The highest BCUT2D eigenvalue weighted by molar-refractivity contribution is 5.05. The number of nitrogens with one attached hydrogen (secondary N) is 1. The van der Waals surface area contributed by atoms with Gasteiger partial charge in [-0.3, -0.25) is 0 Å². The molecule has 0 saturated heterocycles. The van der Waals surface area contributed by atoms with Crippen LogP contribution in [0, 0.1) is 6.92 Å². The van der Waals surface area contributed by atoms with Crippen molar-refractivity contribution in [1.82, 2.24) is 20.5 Å². The summed E-state index contributed by atoms with van der Waals surface area (Å²) < 4.78 is 0. The highest BCUT2D eigenvalue weighted by atomic mass is 15.1. The third-order valence-electron chi connectivity index (χ3n) is 1.51. The Balaban J connectivity index is 2.62. The van der Waals surface area contributed by atoms with Crippen LogP contribution in [0.25, 0.3) is 0 Å². The SMILES string of the molecule is CNCCc1nncnc1C. The molecular formula is C7H12N4. The molecule has 0 bridgehead atoms. The molecule has 60 valence electrons. The minimum atomic E-state index is 0.892. The summed E-state index contributed by atoms with van der Waals surface area (Å²) >= 11 is 0. The number of likely N-dealkylation sites (N-methyl/N-ethyl adjacent to an activating group) is 1. The fourth-order valence-electron chi connectivity index (χ4n) is 0.829. The Labute approximate surface area is 66.1 Å². The lowest BCUT2D eigenvalue weighted by Crippen LogP contribution is -2.12. The van der Waals surface area contributed by atoms with Gasteiger partial charge in [-0.15, -0.1) is 5.10 Å². The van der Waals surface area contributed by atoms with Crippen LogP contribution in [0.5, 0.6) is 0 Å². The summed E-state index contributed by atoms with van der Waals surface area (Å²) in [6.07, 6.45) is 2.36. The van der Waals surface area contributed by atoms with Crippen molar-refractivity contribution >= 4 is 0 Å². The van der Waals surface area contributed by atoms with E-state index >= 15 is 0 Å². The second kappa shape index (κ2) is 3.98. The average molecular weight is 152 g/mol. The fourth-order valence-corrected chi connectivity index (χ4v) is 0.829. The molecule has 0 unspecified atom stereocenters. The Morgan fingerprint density at radius 2 is 2.36 bits per heavy atom. The van der Waals surface area contributed by atoms with Gasteiger partial charge in [0.15, 0.2) is 0 Å². The molecule has 0 atom stereocenters.